The van der Waals surface area contributed by atoms with Crippen molar-refractivity contribution in [2.45, 2.75) is 12.5 Å². The van der Waals surface area contributed by atoms with Crippen molar-refractivity contribution in [3.05, 3.63) is 0 Å². The number of hydrogen-bond donors (Lipinski definition) is 2. The van der Waals surface area contributed by atoms with Gasteiger partial charge in [-0.2, -0.15) is 0 Å². The molecule has 2 N–H and O–H groups in total. The molecule has 5 nitrogen and oxygen atoms in total. The van der Waals surface area contributed by atoms with Gasteiger partial charge in [-0.3, -0.25) is 4.79 Å². The van der Waals surface area contributed by atoms with Gasteiger partial charge < -0.3 is 20.1 Å². The number of carbonyl (C=O) groups is 1. The first-order valence-corrected chi connectivity index (χ1v) is 4.91. The molecule has 1 aliphatic heterocycles. The van der Waals surface area contributed by atoms with Crippen molar-refractivity contribution in [3.8, 4) is 0 Å². The zero-order valence-electron chi connectivity index (χ0n) is 8.54. The maximum Gasteiger partial charge on any atom is 0.246 e. The predicted octanol–water partition coefficient (Wildman–Crippen LogP) is -0.872. The Morgan fingerprint density at radius 1 is 1.64 bits per heavy atom. The molecule has 82 valence electrons. The minimum absolute atomic E-state index is 0.0895. The fraction of sp³-hybridized carbons (Fsp3) is 0.889. The molecule has 0 saturated carbocycles. The maximum atomic E-state index is 11.1. The minimum Gasteiger partial charge on any atom is -0.375 e. The minimum atomic E-state index is -0.0895. The van der Waals surface area contributed by atoms with Gasteiger partial charge in [0.1, 0.15) is 6.61 Å². The number of methoxy groups -OCH3 is 1. The van der Waals surface area contributed by atoms with E-state index in [2.05, 4.69) is 10.6 Å². The van der Waals surface area contributed by atoms with E-state index in [4.69, 9.17) is 9.47 Å². The molecule has 0 aliphatic carbocycles. The van der Waals surface area contributed by atoms with E-state index in [1.807, 2.05) is 0 Å². The summed E-state index contributed by atoms with van der Waals surface area (Å²) in [6.45, 7) is 3.24. The highest BCUT2D eigenvalue weighted by atomic mass is 16.5. The SMILES string of the molecule is COCC(=O)NCC1CCNCCO1. The van der Waals surface area contributed by atoms with Gasteiger partial charge in [-0.05, 0) is 13.0 Å². The third kappa shape index (κ3) is 4.55. The van der Waals surface area contributed by atoms with E-state index < -0.39 is 0 Å². The number of amides is 1. The van der Waals surface area contributed by atoms with Crippen LogP contribution < -0.4 is 10.6 Å². The fourth-order valence-electron chi connectivity index (χ4n) is 1.34. The van der Waals surface area contributed by atoms with E-state index in [0.717, 1.165) is 19.5 Å². The lowest BCUT2D eigenvalue weighted by molar-refractivity contribution is -0.125. The lowest BCUT2D eigenvalue weighted by atomic mass is 10.2. The molecule has 0 spiro atoms. The number of hydrogen-bond acceptors (Lipinski definition) is 4. The highest BCUT2D eigenvalue weighted by Crippen LogP contribution is 1.99. The Hall–Kier alpha value is -0.650. The van der Waals surface area contributed by atoms with Gasteiger partial charge in [-0.25, -0.2) is 0 Å². The van der Waals surface area contributed by atoms with Crippen molar-refractivity contribution in [1.82, 2.24) is 10.6 Å². The van der Waals surface area contributed by atoms with Gasteiger partial charge in [0.25, 0.3) is 0 Å². The van der Waals surface area contributed by atoms with Gasteiger partial charge in [0, 0.05) is 20.2 Å². The first-order valence-electron chi connectivity index (χ1n) is 4.91. The molecule has 1 heterocycles. The largest absolute Gasteiger partial charge is 0.375 e. The van der Waals surface area contributed by atoms with Crippen LogP contribution in [0, 0.1) is 0 Å². The summed E-state index contributed by atoms with van der Waals surface area (Å²) in [7, 11) is 1.51. The number of carbonyl (C=O) groups excluding carboxylic acids is 1. The number of rotatable bonds is 4. The molecule has 0 radical (unpaired) electrons. The lowest BCUT2D eigenvalue weighted by Gasteiger charge is -2.14. The summed E-state index contributed by atoms with van der Waals surface area (Å²) < 4.78 is 10.2. The van der Waals surface area contributed by atoms with Crippen LogP contribution >= 0.6 is 0 Å². The standard InChI is InChI=1S/C9H18N2O3/c1-13-7-9(12)11-6-8-2-3-10-4-5-14-8/h8,10H,2-7H2,1H3,(H,11,12). The molecule has 1 atom stereocenters. The molecule has 0 aromatic rings. The predicted molar refractivity (Wildman–Crippen MR) is 52.1 cm³/mol. The van der Waals surface area contributed by atoms with Crippen LogP contribution in [0.25, 0.3) is 0 Å². The fourth-order valence-corrected chi connectivity index (χ4v) is 1.34. The van der Waals surface area contributed by atoms with E-state index in [1.165, 1.54) is 7.11 Å². The Morgan fingerprint density at radius 3 is 3.29 bits per heavy atom. The van der Waals surface area contributed by atoms with Gasteiger partial charge >= 0.3 is 0 Å². The van der Waals surface area contributed by atoms with Gasteiger partial charge in [-0.15, -0.1) is 0 Å². The van der Waals surface area contributed by atoms with Crippen LogP contribution in [0.5, 0.6) is 0 Å². The molecule has 14 heavy (non-hydrogen) atoms. The zero-order chi connectivity index (χ0) is 10.2. The van der Waals surface area contributed by atoms with E-state index in [1.54, 1.807) is 0 Å². The summed E-state index contributed by atoms with van der Waals surface area (Å²) in [6.07, 6.45) is 1.07. The summed E-state index contributed by atoms with van der Waals surface area (Å²) in [5, 5.41) is 5.99. The Kier molecular flexibility index (Phi) is 5.51. The molecular formula is C9H18N2O3. The second-order valence-corrected chi connectivity index (χ2v) is 3.27. The van der Waals surface area contributed by atoms with E-state index in [0.29, 0.717) is 13.2 Å². The van der Waals surface area contributed by atoms with Crippen LogP contribution in [-0.2, 0) is 14.3 Å². The Balaban J connectivity index is 2.12. The monoisotopic (exact) mass is 202 g/mol. The Morgan fingerprint density at radius 2 is 2.50 bits per heavy atom. The highest BCUT2D eigenvalue weighted by molar-refractivity contribution is 5.77. The smallest absolute Gasteiger partial charge is 0.246 e. The molecule has 1 amide bonds. The average molecular weight is 202 g/mol. The normalized spacial score (nSPS) is 22.8. The summed E-state index contributed by atoms with van der Waals surface area (Å²) in [5.74, 6) is -0.0895. The number of ether oxygens (including phenoxy) is 2. The van der Waals surface area contributed by atoms with Crippen LogP contribution in [0.15, 0.2) is 0 Å². The van der Waals surface area contributed by atoms with E-state index in [-0.39, 0.29) is 18.6 Å². The third-order valence-electron chi connectivity index (χ3n) is 2.08. The highest BCUT2D eigenvalue weighted by Gasteiger charge is 2.12. The molecule has 1 unspecified atom stereocenters. The van der Waals surface area contributed by atoms with Crippen LogP contribution in [-0.4, -0.2) is 52.0 Å². The lowest BCUT2D eigenvalue weighted by Crippen LogP contribution is -2.35. The topological polar surface area (TPSA) is 59.6 Å². The van der Waals surface area contributed by atoms with Crippen molar-refractivity contribution < 1.29 is 14.3 Å². The van der Waals surface area contributed by atoms with Crippen molar-refractivity contribution in [2.75, 3.05) is 40.0 Å². The summed E-state index contributed by atoms with van der Waals surface area (Å²) in [6, 6.07) is 0. The molecule has 5 heteroatoms. The second-order valence-electron chi connectivity index (χ2n) is 3.27. The third-order valence-corrected chi connectivity index (χ3v) is 2.08. The molecule has 0 bridgehead atoms. The summed E-state index contributed by atoms with van der Waals surface area (Å²) in [4.78, 5) is 11.1. The van der Waals surface area contributed by atoms with Crippen LogP contribution in [0.1, 0.15) is 6.42 Å². The first-order chi connectivity index (χ1) is 6.83. The molecule has 1 saturated heterocycles. The summed E-state index contributed by atoms with van der Waals surface area (Å²) >= 11 is 0. The maximum absolute atomic E-state index is 11.1. The average Bonchev–Trinajstić information content (AvgIpc) is 2.43. The van der Waals surface area contributed by atoms with Crippen molar-refractivity contribution in [2.24, 2.45) is 0 Å². The first kappa shape index (κ1) is 11.4. The Labute approximate surface area is 84.1 Å². The van der Waals surface area contributed by atoms with Crippen molar-refractivity contribution >= 4 is 5.91 Å². The van der Waals surface area contributed by atoms with Crippen molar-refractivity contribution in [3.63, 3.8) is 0 Å². The number of nitrogens with one attached hydrogen (secondary N) is 2. The van der Waals surface area contributed by atoms with Crippen molar-refractivity contribution in [1.29, 1.82) is 0 Å². The quantitative estimate of drug-likeness (QED) is 0.622. The molecule has 1 rings (SSSR count). The van der Waals surface area contributed by atoms with E-state index in [9.17, 15) is 4.79 Å². The van der Waals surface area contributed by atoms with Crippen LogP contribution in [0.4, 0.5) is 0 Å². The summed E-state index contributed by atoms with van der Waals surface area (Å²) in [5.41, 5.74) is 0. The zero-order valence-corrected chi connectivity index (χ0v) is 8.54. The molecule has 0 aromatic carbocycles. The Bertz CT molecular complexity index is 167. The molecule has 0 aromatic heterocycles. The van der Waals surface area contributed by atoms with Crippen LogP contribution in [0.2, 0.25) is 0 Å². The van der Waals surface area contributed by atoms with Gasteiger partial charge in [-0.1, -0.05) is 0 Å². The van der Waals surface area contributed by atoms with E-state index >= 15 is 0 Å². The second kappa shape index (κ2) is 6.75. The van der Waals surface area contributed by atoms with Gasteiger partial charge in [0.2, 0.25) is 5.91 Å². The molecular weight excluding hydrogens is 184 g/mol. The van der Waals surface area contributed by atoms with Crippen LogP contribution in [0.3, 0.4) is 0 Å². The molecule has 1 aliphatic rings. The van der Waals surface area contributed by atoms with Gasteiger partial charge in [0.05, 0.1) is 12.7 Å². The van der Waals surface area contributed by atoms with Gasteiger partial charge in [0.15, 0.2) is 0 Å². The molecule has 1 fully saturated rings.